The minimum atomic E-state index is -0.301. The largest absolute Gasteiger partial charge is 0.338 e. The topological polar surface area (TPSA) is 72.2 Å². The monoisotopic (exact) mass is 504 g/mol. The maximum atomic E-state index is 13.6. The van der Waals surface area contributed by atoms with Crippen LogP contribution in [-0.2, 0) is 0 Å². The average molecular weight is 505 g/mol. The van der Waals surface area contributed by atoms with Gasteiger partial charge in [0, 0.05) is 25.6 Å². The first kappa shape index (κ1) is 23.2. The van der Waals surface area contributed by atoms with Crippen molar-refractivity contribution < 1.29 is 9.18 Å². The highest BCUT2D eigenvalue weighted by atomic mass is 32.1. The van der Waals surface area contributed by atoms with Crippen LogP contribution in [0.25, 0.3) is 11.0 Å². The number of H-pyrrole nitrogens is 2. The zero-order chi connectivity index (χ0) is 24.6. The van der Waals surface area contributed by atoms with Crippen LogP contribution in [0.1, 0.15) is 46.2 Å². The van der Waals surface area contributed by atoms with E-state index in [1.165, 1.54) is 11.1 Å². The molecule has 0 saturated carbocycles. The zero-order valence-electron chi connectivity index (χ0n) is 20.0. The first-order valence-corrected chi connectivity index (χ1v) is 13.5. The van der Waals surface area contributed by atoms with Crippen LogP contribution in [0.3, 0.4) is 0 Å². The molecule has 186 valence electrons. The van der Waals surface area contributed by atoms with Gasteiger partial charge in [0.25, 0.3) is 5.91 Å². The molecule has 0 radical (unpaired) electrons. The summed E-state index contributed by atoms with van der Waals surface area (Å²) in [6.45, 7) is 4.34. The number of fused-ring (bicyclic) bond motifs is 1. The molecule has 0 aliphatic carbocycles. The number of carbonyl (C=O) groups is 1. The number of thiophene rings is 1. The number of likely N-dealkylation sites (tertiary alicyclic amines) is 2. The minimum Gasteiger partial charge on any atom is -0.338 e. The lowest BCUT2D eigenvalue weighted by Gasteiger charge is -2.34. The van der Waals surface area contributed by atoms with Gasteiger partial charge < -0.3 is 19.8 Å². The second-order valence-corrected chi connectivity index (χ2v) is 10.8. The summed E-state index contributed by atoms with van der Waals surface area (Å²) in [6.07, 6.45) is 2.12. The molecule has 2 aromatic carbocycles. The fraction of sp³-hybridized carbons (Fsp3) is 0.357. The third-order valence-corrected chi connectivity index (χ3v) is 8.60. The molecule has 2 aliphatic rings. The first-order valence-electron chi connectivity index (χ1n) is 12.6. The van der Waals surface area contributed by atoms with Crippen molar-refractivity contribution in [1.29, 1.82) is 0 Å². The highest BCUT2D eigenvalue weighted by Crippen LogP contribution is 2.37. The number of imidazole rings is 1. The van der Waals surface area contributed by atoms with Gasteiger partial charge in [-0.05, 0) is 90.0 Å². The number of hydrogen-bond donors (Lipinski definition) is 2. The lowest BCUT2D eigenvalue weighted by molar-refractivity contribution is 0.0783. The van der Waals surface area contributed by atoms with Crippen molar-refractivity contribution in [2.45, 2.75) is 24.7 Å². The molecular weight excluding hydrogens is 475 g/mol. The molecule has 6 nitrogen and oxygen atoms in total. The number of piperidine rings is 1. The van der Waals surface area contributed by atoms with Gasteiger partial charge in [-0.25, -0.2) is 9.18 Å². The Morgan fingerprint density at radius 2 is 1.81 bits per heavy atom. The van der Waals surface area contributed by atoms with Crippen molar-refractivity contribution in [3.05, 3.63) is 92.3 Å². The van der Waals surface area contributed by atoms with Gasteiger partial charge in [-0.3, -0.25) is 4.79 Å². The van der Waals surface area contributed by atoms with E-state index < -0.39 is 0 Å². The van der Waals surface area contributed by atoms with Gasteiger partial charge in [-0.15, -0.1) is 0 Å². The number of rotatable bonds is 5. The molecule has 2 aromatic heterocycles. The molecular formula is C28H29FN4O2S. The van der Waals surface area contributed by atoms with Crippen molar-refractivity contribution in [2.24, 2.45) is 5.92 Å². The number of halogens is 1. The highest BCUT2D eigenvalue weighted by Gasteiger charge is 2.38. The molecule has 4 heterocycles. The van der Waals surface area contributed by atoms with Crippen molar-refractivity contribution in [1.82, 2.24) is 19.8 Å². The number of carbonyl (C=O) groups excluding carboxylic acids is 1. The number of para-hydroxylation sites is 1. The van der Waals surface area contributed by atoms with Gasteiger partial charge >= 0.3 is 5.69 Å². The molecule has 6 rings (SSSR count). The summed E-state index contributed by atoms with van der Waals surface area (Å²) in [6, 6.07) is 14.5. The van der Waals surface area contributed by atoms with E-state index in [9.17, 15) is 14.0 Å². The lowest BCUT2D eigenvalue weighted by atomic mass is 9.87. The summed E-state index contributed by atoms with van der Waals surface area (Å²) < 4.78 is 13.3. The van der Waals surface area contributed by atoms with Crippen molar-refractivity contribution in [3.63, 3.8) is 0 Å². The summed E-state index contributed by atoms with van der Waals surface area (Å²) in [4.78, 5) is 35.5. The first-order chi connectivity index (χ1) is 17.5. The quantitative estimate of drug-likeness (QED) is 0.410. The summed E-state index contributed by atoms with van der Waals surface area (Å²) in [7, 11) is 0. The maximum Gasteiger partial charge on any atom is 0.323 e. The van der Waals surface area contributed by atoms with Crippen LogP contribution >= 0.6 is 11.3 Å². The number of hydrogen-bond acceptors (Lipinski definition) is 4. The molecule has 2 atom stereocenters. The van der Waals surface area contributed by atoms with E-state index in [0.29, 0.717) is 47.4 Å². The molecule has 2 N–H and O–H groups in total. The van der Waals surface area contributed by atoms with E-state index in [1.807, 2.05) is 23.1 Å². The van der Waals surface area contributed by atoms with Crippen molar-refractivity contribution in [2.75, 3.05) is 32.7 Å². The van der Waals surface area contributed by atoms with E-state index in [1.54, 1.807) is 35.6 Å². The van der Waals surface area contributed by atoms with Crippen LogP contribution in [0.2, 0.25) is 0 Å². The molecule has 8 heteroatoms. The van der Waals surface area contributed by atoms with Crippen LogP contribution in [0, 0.1) is 11.7 Å². The van der Waals surface area contributed by atoms with Gasteiger partial charge in [0.1, 0.15) is 5.82 Å². The van der Waals surface area contributed by atoms with Gasteiger partial charge in [0.2, 0.25) is 0 Å². The highest BCUT2D eigenvalue weighted by molar-refractivity contribution is 7.08. The molecule has 4 aromatic rings. The smallest absolute Gasteiger partial charge is 0.323 e. The number of nitrogens with zero attached hydrogens (tertiary/aromatic N) is 2. The van der Waals surface area contributed by atoms with E-state index in [2.05, 4.69) is 31.7 Å². The Morgan fingerprint density at radius 3 is 2.56 bits per heavy atom. The van der Waals surface area contributed by atoms with Crippen LogP contribution in [-0.4, -0.2) is 58.4 Å². The fourth-order valence-corrected chi connectivity index (χ4v) is 6.73. The van der Waals surface area contributed by atoms with Crippen LogP contribution in [0.15, 0.2) is 64.1 Å². The third-order valence-electron chi connectivity index (χ3n) is 7.90. The average Bonchev–Trinajstić information content (AvgIpc) is 3.63. The Morgan fingerprint density at radius 1 is 1.00 bits per heavy atom. The van der Waals surface area contributed by atoms with Gasteiger partial charge in [-0.1, -0.05) is 18.2 Å². The van der Waals surface area contributed by atoms with Gasteiger partial charge in [-0.2, -0.15) is 11.3 Å². The normalized spacial score (nSPS) is 21.4. The molecule has 2 saturated heterocycles. The van der Waals surface area contributed by atoms with E-state index in [0.717, 1.165) is 32.5 Å². The molecule has 0 spiro atoms. The Hall–Kier alpha value is -3.23. The number of amides is 1. The van der Waals surface area contributed by atoms with Crippen LogP contribution in [0.4, 0.5) is 4.39 Å². The fourth-order valence-electron chi connectivity index (χ4n) is 6.01. The number of benzene rings is 2. The Bertz CT molecular complexity index is 1400. The van der Waals surface area contributed by atoms with Crippen molar-refractivity contribution in [3.8, 4) is 0 Å². The standard InChI is InChI=1S/C28H29FN4O2S/c29-22-6-4-18(5-7-22)19-8-11-32(12-9-19)14-21-15-33(16-24(21)20-10-13-36-17-20)27(34)23-2-1-3-25-26(23)31-28(35)30-25/h1-7,10,13,17,19,21,24H,8-9,11-12,14-16H2,(H2,30,31,35). The second kappa shape index (κ2) is 9.67. The Kier molecular flexibility index (Phi) is 6.23. The number of aromatic nitrogens is 2. The number of nitrogens with one attached hydrogen (secondary N) is 2. The second-order valence-electron chi connectivity index (χ2n) is 10.1. The Labute approximate surface area is 212 Å². The van der Waals surface area contributed by atoms with Gasteiger partial charge in [0.15, 0.2) is 0 Å². The van der Waals surface area contributed by atoms with Crippen LogP contribution in [0.5, 0.6) is 0 Å². The van der Waals surface area contributed by atoms with Crippen molar-refractivity contribution >= 4 is 28.3 Å². The maximum absolute atomic E-state index is 13.6. The molecule has 0 bridgehead atoms. The third kappa shape index (κ3) is 4.51. The molecule has 2 unspecified atom stereocenters. The summed E-state index contributed by atoms with van der Waals surface area (Å²) >= 11 is 1.70. The summed E-state index contributed by atoms with van der Waals surface area (Å²) in [5.74, 6) is 0.888. The van der Waals surface area contributed by atoms with E-state index in [4.69, 9.17) is 0 Å². The van der Waals surface area contributed by atoms with Crippen LogP contribution < -0.4 is 5.69 Å². The summed E-state index contributed by atoms with van der Waals surface area (Å²) in [5.41, 5.74) is 3.99. The predicted octanol–water partition coefficient (Wildman–Crippen LogP) is 4.79. The van der Waals surface area contributed by atoms with E-state index >= 15 is 0 Å². The summed E-state index contributed by atoms with van der Waals surface area (Å²) in [5, 5.41) is 4.31. The number of aromatic amines is 2. The van der Waals surface area contributed by atoms with Gasteiger partial charge in [0.05, 0.1) is 16.6 Å². The molecule has 2 fully saturated rings. The lowest BCUT2D eigenvalue weighted by Crippen LogP contribution is -2.38. The van der Waals surface area contributed by atoms with E-state index in [-0.39, 0.29) is 17.4 Å². The molecule has 36 heavy (non-hydrogen) atoms. The predicted molar refractivity (Wildman–Crippen MR) is 140 cm³/mol. The molecule has 2 aliphatic heterocycles. The Balaban J connectivity index is 1.17. The zero-order valence-corrected chi connectivity index (χ0v) is 20.8. The minimum absolute atomic E-state index is 0.0337. The SMILES string of the molecule is O=C(c1cccc2[nH]c(=O)[nH]c12)N1CC(CN2CCC(c3ccc(F)cc3)CC2)C(c2ccsc2)C1. The molecule has 1 amide bonds.